The van der Waals surface area contributed by atoms with Crippen molar-refractivity contribution in [1.29, 1.82) is 0 Å². The quantitative estimate of drug-likeness (QED) is 0.246. The lowest BCUT2D eigenvalue weighted by Gasteiger charge is -2.06. The smallest absolute Gasteiger partial charge is 0.143 e. The Hall–Kier alpha value is -3.84. The zero-order valence-electron chi connectivity index (χ0n) is 15.6. The van der Waals surface area contributed by atoms with Gasteiger partial charge in [-0.1, -0.05) is 84.9 Å². The van der Waals surface area contributed by atoms with Crippen LogP contribution in [0, 0.1) is 0 Å². The molecule has 7 rings (SSSR count). The number of hydrogen-bond acceptors (Lipinski definition) is 1. The average molecular weight is 368 g/mol. The largest absolute Gasteiger partial charge is 0.455 e. The second-order valence-corrected chi connectivity index (χ2v) is 7.75. The van der Waals surface area contributed by atoms with E-state index in [1.54, 1.807) is 0 Å². The van der Waals surface area contributed by atoms with Crippen molar-refractivity contribution in [3.05, 3.63) is 97.1 Å². The molecule has 0 saturated heterocycles. The summed E-state index contributed by atoms with van der Waals surface area (Å²) in [5.74, 6) is 0. The van der Waals surface area contributed by atoms with Crippen LogP contribution in [-0.2, 0) is 0 Å². The molecule has 29 heavy (non-hydrogen) atoms. The maximum Gasteiger partial charge on any atom is 0.143 e. The molecule has 0 atom stereocenters. The fourth-order valence-electron chi connectivity index (χ4n) is 4.91. The molecule has 0 radical (unpaired) electrons. The van der Waals surface area contributed by atoms with Crippen molar-refractivity contribution >= 4 is 65.0 Å². The molecule has 0 spiro atoms. The van der Waals surface area contributed by atoms with Gasteiger partial charge in [0.1, 0.15) is 11.2 Å². The van der Waals surface area contributed by atoms with Gasteiger partial charge >= 0.3 is 0 Å². The van der Waals surface area contributed by atoms with Gasteiger partial charge in [0.2, 0.25) is 0 Å². The molecule has 0 unspecified atom stereocenters. The number of benzene rings is 6. The van der Waals surface area contributed by atoms with Crippen molar-refractivity contribution in [2.24, 2.45) is 0 Å². The fourth-order valence-corrected chi connectivity index (χ4v) is 4.91. The first-order valence-electron chi connectivity index (χ1n) is 9.96. The Bertz CT molecular complexity index is 1750. The molecule has 0 amide bonds. The Morgan fingerprint density at radius 1 is 0.379 bits per heavy atom. The molecule has 7 aromatic rings. The van der Waals surface area contributed by atoms with E-state index in [-0.39, 0.29) is 0 Å². The van der Waals surface area contributed by atoms with Gasteiger partial charge in [0.15, 0.2) is 0 Å². The lowest BCUT2D eigenvalue weighted by Crippen LogP contribution is -1.80. The van der Waals surface area contributed by atoms with Gasteiger partial charge in [0.05, 0.1) is 0 Å². The third-order valence-electron chi connectivity index (χ3n) is 6.22. The van der Waals surface area contributed by atoms with Gasteiger partial charge in [0, 0.05) is 21.5 Å². The van der Waals surface area contributed by atoms with Crippen LogP contribution in [0.5, 0.6) is 0 Å². The summed E-state index contributed by atoms with van der Waals surface area (Å²) < 4.78 is 6.53. The second-order valence-electron chi connectivity index (χ2n) is 7.75. The van der Waals surface area contributed by atoms with Gasteiger partial charge in [-0.3, -0.25) is 0 Å². The van der Waals surface area contributed by atoms with E-state index in [0.717, 1.165) is 11.2 Å². The summed E-state index contributed by atoms with van der Waals surface area (Å²) >= 11 is 0. The van der Waals surface area contributed by atoms with E-state index < -0.39 is 0 Å². The molecule has 134 valence electrons. The standard InChI is InChI=1S/C28H16O/c1-3-7-21-17(5-1)9-11-19-14-16-24-27(25(19)21)23-15-13-20-12-10-18-6-2-4-8-22(18)26(20)28(23)29-24/h1-16H. The molecule has 0 aliphatic carbocycles. The number of furan rings is 1. The number of fused-ring (bicyclic) bond motifs is 11. The van der Waals surface area contributed by atoms with Gasteiger partial charge in [0.25, 0.3) is 0 Å². The van der Waals surface area contributed by atoms with E-state index in [4.69, 9.17) is 4.42 Å². The summed E-state index contributed by atoms with van der Waals surface area (Å²) in [6, 6.07) is 34.7. The minimum absolute atomic E-state index is 0.948. The monoisotopic (exact) mass is 368 g/mol. The molecule has 0 aliphatic heterocycles. The summed E-state index contributed by atoms with van der Waals surface area (Å²) in [6.45, 7) is 0. The molecule has 0 N–H and O–H groups in total. The van der Waals surface area contributed by atoms with Crippen molar-refractivity contribution in [1.82, 2.24) is 0 Å². The Kier molecular flexibility index (Phi) is 2.80. The molecule has 0 saturated carbocycles. The van der Waals surface area contributed by atoms with E-state index >= 15 is 0 Å². The highest BCUT2D eigenvalue weighted by molar-refractivity contribution is 6.30. The molecule has 0 aliphatic rings. The van der Waals surface area contributed by atoms with Crippen molar-refractivity contribution in [2.45, 2.75) is 0 Å². The van der Waals surface area contributed by atoms with Crippen LogP contribution in [0.4, 0.5) is 0 Å². The highest BCUT2D eigenvalue weighted by Gasteiger charge is 2.16. The average Bonchev–Trinajstić information content (AvgIpc) is 3.17. The molecule has 0 fully saturated rings. The topological polar surface area (TPSA) is 13.1 Å². The highest BCUT2D eigenvalue weighted by Crippen LogP contribution is 2.42. The van der Waals surface area contributed by atoms with Crippen molar-refractivity contribution in [2.75, 3.05) is 0 Å². The summed E-state index contributed by atoms with van der Waals surface area (Å²) in [7, 11) is 0. The zero-order chi connectivity index (χ0) is 18.9. The third-order valence-corrected chi connectivity index (χ3v) is 6.22. The van der Waals surface area contributed by atoms with E-state index in [1.807, 2.05) is 0 Å². The maximum atomic E-state index is 6.53. The molecule has 1 aromatic heterocycles. The molecule has 6 aromatic carbocycles. The number of hydrogen-bond donors (Lipinski definition) is 0. The lowest BCUT2D eigenvalue weighted by atomic mass is 9.96. The Morgan fingerprint density at radius 2 is 0.931 bits per heavy atom. The van der Waals surface area contributed by atoms with E-state index in [1.165, 1.54) is 53.9 Å². The maximum absolute atomic E-state index is 6.53. The van der Waals surface area contributed by atoms with Crippen LogP contribution in [0.25, 0.3) is 65.0 Å². The van der Waals surface area contributed by atoms with Crippen LogP contribution in [0.15, 0.2) is 101 Å². The van der Waals surface area contributed by atoms with Crippen LogP contribution in [-0.4, -0.2) is 0 Å². The normalized spacial score (nSPS) is 12.1. The molecule has 1 heteroatoms. The first-order valence-corrected chi connectivity index (χ1v) is 9.96. The Morgan fingerprint density at radius 3 is 1.69 bits per heavy atom. The minimum Gasteiger partial charge on any atom is -0.455 e. The van der Waals surface area contributed by atoms with Gasteiger partial charge in [-0.25, -0.2) is 0 Å². The Balaban J connectivity index is 1.80. The third kappa shape index (κ3) is 1.94. The summed E-state index contributed by atoms with van der Waals surface area (Å²) in [5.41, 5.74) is 1.93. The zero-order valence-corrected chi connectivity index (χ0v) is 15.6. The first-order chi connectivity index (χ1) is 14.4. The van der Waals surface area contributed by atoms with Crippen LogP contribution in [0.2, 0.25) is 0 Å². The predicted molar refractivity (Wildman–Crippen MR) is 124 cm³/mol. The second kappa shape index (κ2) is 5.36. The summed E-state index contributed by atoms with van der Waals surface area (Å²) in [4.78, 5) is 0. The van der Waals surface area contributed by atoms with E-state index in [9.17, 15) is 0 Å². The fraction of sp³-hybridized carbons (Fsp3) is 0. The summed E-state index contributed by atoms with van der Waals surface area (Å²) in [6.07, 6.45) is 0. The van der Waals surface area contributed by atoms with Gasteiger partial charge < -0.3 is 4.42 Å². The molecule has 1 nitrogen and oxygen atoms in total. The van der Waals surface area contributed by atoms with Crippen molar-refractivity contribution in [3.8, 4) is 0 Å². The first kappa shape index (κ1) is 15.1. The molecule has 0 bridgehead atoms. The van der Waals surface area contributed by atoms with Crippen LogP contribution < -0.4 is 0 Å². The SMILES string of the molecule is c1ccc2c(c1)ccc1ccc3c(oc4ccc5ccc6ccccc6c5c43)c12. The predicted octanol–water partition coefficient (Wildman–Crippen LogP) is 8.20. The molecular weight excluding hydrogens is 352 g/mol. The molecule has 1 heterocycles. The minimum atomic E-state index is 0.948. The van der Waals surface area contributed by atoms with Crippen LogP contribution in [0.1, 0.15) is 0 Å². The van der Waals surface area contributed by atoms with Gasteiger partial charge in [-0.15, -0.1) is 0 Å². The van der Waals surface area contributed by atoms with Crippen molar-refractivity contribution in [3.63, 3.8) is 0 Å². The van der Waals surface area contributed by atoms with Crippen LogP contribution >= 0.6 is 0 Å². The van der Waals surface area contributed by atoms with Gasteiger partial charge in [-0.2, -0.15) is 0 Å². The van der Waals surface area contributed by atoms with Gasteiger partial charge in [-0.05, 0) is 44.5 Å². The molecular formula is C28H16O. The Labute approximate surface area is 166 Å². The van der Waals surface area contributed by atoms with Crippen molar-refractivity contribution < 1.29 is 4.42 Å². The highest BCUT2D eigenvalue weighted by atomic mass is 16.3. The lowest BCUT2D eigenvalue weighted by molar-refractivity contribution is 0.673. The van der Waals surface area contributed by atoms with E-state index in [0.29, 0.717) is 0 Å². The van der Waals surface area contributed by atoms with E-state index in [2.05, 4.69) is 97.1 Å². The summed E-state index contributed by atoms with van der Waals surface area (Å²) in [5, 5.41) is 12.3. The van der Waals surface area contributed by atoms with Crippen LogP contribution in [0.3, 0.4) is 0 Å². The number of rotatable bonds is 0.